The highest BCUT2D eigenvalue weighted by molar-refractivity contribution is 5.87. The molecule has 2 N–H and O–H groups in total. The maximum atomic E-state index is 11.3. The van der Waals surface area contributed by atoms with Gasteiger partial charge in [-0.3, -0.25) is 0 Å². The van der Waals surface area contributed by atoms with Crippen LogP contribution in [-0.2, 0) is 25.5 Å². The number of aryl methyl sites for hydroxylation is 1. The van der Waals surface area contributed by atoms with Gasteiger partial charge in [-0.2, -0.15) is 0 Å². The van der Waals surface area contributed by atoms with Crippen LogP contribution in [0, 0.1) is 0 Å². The first-order valence-corrected chi connectivity index (χ1v) is 8.34. The molecule has 0 aliphatic carbocycles. The Balaban J connectivity index is 2.51. The van der Waals surface area contributed by atoms with Crippen LogP contribution < -0.4 is 10.6 Å². The van der Waals surface area contributed by atoms with Crippen molar-refractivity contribution in [1.29, 1.82) is 0 Å². The van der Waals surface area contributed by atoms with Crippen LogP contribution in [0.4, 0.5) is 11.6 Å². The quantitative estimate of drug-likeness (QED) is 0.350. The molecule has 142 valence electrons. The maximum Gasteiger partial charge on any atom is 0.333 e. The standard InChI is InChI=1S/C18H26N4O4/c1-6-14-21-15(19-7-9-25-17(23)12(2)3)11-16(22-14)20-8-10-26-18(24)13(4)5/h11H,2,4,6-10H2,1,3,5H3,(H2,19,20,21,22). The number of carbonyl (C=O) groups excluding carboxylic acids is 2. The van der Waals surface area contributed by atoms with Gasteiger partial charge in [0.1, 0.15) is 30.7 Å². The summed E-state index contributed by atoms with van der Waals surface area (Å²) in [7, 11) is 0. The van der Waals surface area contributed by atoms with Gasteiger partial charge in [0, 0.05) is 23.6 Å². The van der Waals surface area contributed by atoms with Crippen LogP contribution in [0.15, 0.2) is 30.4 Å². The fraction of sp³-hybridized carbons (Fsp3) is 0.444. The fourth-order valence-electron chi connectivity index (χ4n) is 1.73. The third kappa shape index (κ3) is 7.78. The molecule has 0 fully saturated rings. The van der Waals surface area contributed by atoms with Crippen molar-refractivity contribution in [3.05, 3.63) is 36.2 Å². The van der Waals surface area contributed by atoms with Crippen LogP contribution >= 0.6 is 0 Å². The number of aromatic nitrogens is 2. The highest BCUT2D eigenvalue weighted by Gasteiger charge is 2.06. The van der Waals surface area contributed by atoms with Crippen molar-refractivity contribution in [2.75, 3.05) is 36.9 Å². The third-order valence-corrected chi connectivity index (χ3v) is 3.07. The summed E-state index contributed by atoms with van der Waals surface area (Å²) in [5.74, 6) is 1.05. The number of nitrogens with zero attached hydrogens (tertiary/aromatic N) is 2. The zero-order valence-electron chi connectivity index (χ0n) is 15.6. The minimum atomic E-state index is -0.421. The van der Waals surface area contributed by atoms with Crippen LogP contribution in [0.3, 0.4) is 0 Å². The summed E-state index contributed by atoms with van der Waals surface area (Å²) in [6, 6.07) is 1.74. The normalized spacial score (nSPS) is 9.96. The van der Waals surface area contributed by atoms with E-state index in [0.717, 1.165) is 0 Å². The number of ether oxygens (including phenoxy) is 2. The van der Waals surface area contributed by atoms with E-state index in [0.29, 0.717) is 48.1 Å². The molecule has 26 heavy (non-hydrogen) atoms. The first kappa shape index (κ1) is 21.1. The van der Waals surface area contributed by atoms with Gasteiger partial charge in [-0.15, -0.1) is 0 Å². The molecule has 0 aliphatic rings. The molecule has 0 unspecified atom stereocenters. The van der Waals surface area contributed by atoms with E-state index in [1.165, 1.54) is 0 Å². The number of hydrogen-bond donors (Lipinski definition) is 2. The SMILES string of the molecule is C=C(C)C(=O)OCCNc1cc(NCCOC(=O)C(=C)C)nc(CC)n1. The maximum absolute atomic E-state index is 11.3. The van der Waals surface area contributed by atoms with Gasteiger partial charge in [-0.25, -0.2) is 19.6 Å². The van der Waals surface area contributed by atoms with Gasteiger partial charge < -0.3 is 20.1 Å². The van der Waals surface area contributed by atoms with Crippen molar-refractivity contribution in [3.63, 3.8) is 0 Å². The fourth-order valence-corrected chi connectivity index (χ4v) is 1.73. The van der Waals surface area contributed by atoms with Gasteiger partial charge in [0.15, 0.2) is 0 Å². The molecular weight excluding hydrogens is 336 g/mol. The Kier molecular flexibility index (Phi) is 8.83. The van der Waals surface area contributed by atoms with E-state index in [9.17, 15) is 9.59 Å². The van der Waals surface area contributed by atoms with Gasteiger partial charge in [-0.05, 0) is 13.8 Å². The Labute approximate surface area is 153 Å². The number of esters is 2. The van der Waals surface area contributed by atoms with Crippen molar-refractivity contribution in [1.82, 2.24) is 9.97 Å². The Morgan fingerprint density at radius 2 is 1.38 bits per heavy atom. The van der Waals surface area contributed by atoms with Crippen molar-refractivity contribution in [2.24, 2.45) is 0 Å². The summed E-state index contributed by atoms with van der Waals surface area (Å²) in [4.78, 5) is 31.4. The van der Waals surface area contributed by atoms with Crippen LogP contribution in [-0.4, -0.2) is 48.2 Å². The number of nitrogens with one attached hydrogen (secondary N) is 2. The van der Waals surface area contributed by atoms with Gasteiger partial charge in [0.25, 0.3) is 0 Å². The molecule has 0 radical (unpaired) electrons. The van der Waals surface area contributed by atoms with E-state index >= 15 is 0 Å². The van der Waals surface area contributed by atoms with Crippen molar-refractivity contribution in [2.45, 2.75) is 27.2 Å². The molecule has 0 saturated carbocycles. The summed E-state index contributed by atoms with van der Waals surface area (Å²) in [5, 5.41) is 6.17. The summed E-state index contributed by atoms with van der Waals surface area (Å²) < 4.78 is 10.0. The molecule has 0 amide bonds. The van der Waals surface area contributed by atoms with Crippen LogP contribution in [0.2, 0.25) is 0 Å². The molecule has 0 spiro atoms. The molecule has 0 aliphatic heterocycles. The number of carbonyl (C=O) groups is 2. The van der Waals surface area contributed by atoms with Crippen LogP contribution in [0.1, 0.15) is 26.6 Å². The summed E-state index contributed by atoms with van der Waals surface area (Å²) >= 11 is 0. The summed E-state index contributed by atoms with van der Waals surface area (Å²) in [5.41, 5.74) is 0.721. The van der Waals surface area contributed by atoms with Gasteiger partial charge >= 0.3 is 11.9 Å². The first-order valence-electron chi connectivity index (χ1n) is 8.34. The van der Waals surface area contributed by atoms with E-state index in [1.807, 2.05) is 6.92 Å². The molecule has 0 atom stereocenters. The van der Waals surface area contributed by atoms with Crippen molar-refractivity contribution >= 4 is 23.6 Å². The third-order valence-electron chi connectivity index (χ3n) is 3.07. The molecular formula is C18H26N4O4. The lowest BCUT2D eigenvalue weighted by Gasteiger charge is -2.11. The lowest BCUT2D eigenvalue weighted by atomic mass is 10.4. The smallest absolute Gasteiger partial charge is 0.333 e. The topological polar surface area (TPSA) is 102 Å². The number of rotatable bonds is 11. The second kappa shape index (κ2) is 10.9. The Morgan fingerprint density at radius 1 is 0.962 bits per heavy atom. The lowest BCUT2D eigenvalue weighted by molar-refractivity contribution is -0.139. The van der Waals surface area contributed by atoms with E-state index in [-0.39, 0.29) is 13.2 Å². The second-order valence-electron chi connectivity index (χ2n) is 5.59. The lowest BCUT2D eigenvalue weighted by Crippen LogP contribution is -2.17. The molecule has 0 saturated heterocycles. The minimum Gasteiger partial charge on any atom is -0.460 e. The highest BCUT2D eigenvalue weighted by Crippen LogP contribution is 2.11. The monoisotopic (exact) mass is 362 g/mol. The zero-order chi connectivity index (χ0) is 19.5. The number of hydrogen-bond acceptors (Lipinski definition) is 8. The zero-order valence-corrected chi connectivity index (χ0v) is 15.6. The minimum absolute atomic E-state index is 0.205. The molecule has 0 aromatic carbocycles. The largest absolute Gasteiger partial charge is 0.460 e. The predicted molar refractivity (Wildman–Crippen MR) is 99.9 cm³/mol. The van der Waals surface area contributed by atoms with E-state index in [2.05, 4.69) is 33.8 Å². The van der Waals surface area contributed by atoms with Crippen LogP contribution in [0.5, 0.6) is 0 Å². The Bertz CT molecular complexity index is 621. The summed E-state index contributed by atoms with van der Waals surface area (Å²) in [6.07, 6.45) is 0.666. The first-order chi connectivity index (χ1) is 12.3. The molecule has 1 heterocycles. The molecule has 8 nitrogen and oxygen atoms in total. The highest BCUT2D eigenvalue weighted by atomic mass is 16.5. The van der Waals surface area contributed by atoms with E-state index < -0.39 is 11.9 Å². The van der Waals surface area contributed by atoms with E-state index in [1.54, 1.807) is 19.9 Å². The molecule has 8 heteroatoms. The summed E-state index contributed by atoms with van der Waals surface area (Å²) in [6.45, 7) is 13.4. The average Bonchev–Trinajstić information content (AvgIpc) is 2.61. The second-order valence-corrected chi connectivity index (χ2v) is 5.59. The molecule has 1 aromatic heterocycles. The van der Waals surface area contributed by atoms with Crippen molar-refractivity contribution < 1.29 is 19.1 Å². The van der Waals surface area contributed by atoms with E-state index in [4.69, 9.17) is 9.47 Å². The average molecular weight is 362 g/mol. The molecule has 1 rings (SSSR count). The van der Waals surface area contributed by atoms with Gasteiger partial charge in [0.05, 0.1) is 13.1 Å². The molecule has 1 aromatic rings. The van der Waals surface area contributed by atoms with Crippen molar-refractivity contribution in [3.8, 4) is 0 Å². The van der Waals surface area contributed by atoms with Gasteiger partial charge in [0.2, 0.25) is 0 Å². The molecule has 0 bridgehead atoms. The van der Waals surface area contributed by atoms with Crippen LogP contribution in [0.25, 0.3) is 0 Å². The Hall–Kier alpha value is -2.90. The predicted octanol–water partition coefficient (Wildman–Crippen LogP) is 2.10. The van der Waals surface area contributed by atoms with Gasteiger partial charge in [-0.1, -0.05) is 20.1 Å². The number of anilines is 2. The Morgan fingerprint density at radius 3 is 1.73 bits per heavy atom.